The minimum atomic E-state index is -0.304. The van der Waals surface area contributed by atoms with Gasteiger partial charge in [0, 0.05) is 24.9 Å². The molecule has 1 aromatic heterocycles. The third-order valence-electron chi connectivity index (χ3n) is 5.26. The molecule has 0 unspecified atom stereocenters. The van der Waals surface area contributed by atoms with E-state index in [0.29, 0.717) is 0 Å². The Morgan fingerprint density at radius 1 is 1.00 bits per heavy atom. The largest absolute Gasteiger partial charge is 0.356 e. The molecular formula is C24H39N3O. The number of hydrogen-bond donors (Lipinski definition) is 1. The fourth-order valence-electron chi connectivity index (χ4n) is 3.49. The van der Waals surface area contributed by atoms with E-state index in [1.165, 1.54) is 43.4 Å². The van der Waals surface area contributed by atoms with Gasteiger partial charge in [0.25, 0.3) is 0 Å². The Morgan fingerprint density at radius 2 is 1.71 bits per heavy atom. The summed E-state index contributed by atoms with van der Waals surface area (Å²) in [7, 11) is 0. The minimum Gasteiger partial charge on any atom is -0.356 e. The van der Waals surface area contributed by atoms with Crippen molar-refractivity contribution in [2.24, 2.45) is 5.41 Å². The molecule has 0 spiro atoms. The molecule has 28 heavy (non-hydrogen) atoms. The predicted octanol–water partition coefficient (Wildman–Crippen LogP) is 5.88. The number of para-hydroxylation sites is 2. The van der Waals surface area contributed by atoms with Crippen molar-refractivity contribution >= 4 is 16.9 Å². The summed E-state index contributed by atoms with van der Waals surface area (Å²) in [4.78, 5) is 16.8. The van der Waals surface area contributed by atoms with Crippen molar-refractivity contribution in [3.63, 3.8) is 0 Å². The van der Waals surface area contributed by atoms with Gasteiger partial charge in [-0.25, -0.2) is 4.98 Å². The van der Waals surface area contributed by atoms with Crippen LogP contribution in [0.1, 0.15) is 84.9 Å². The molecule has 1 heterocycles. The van der Waals surface area contributed by atoms with Crippen LogP contribution in [0.2, 0.25) is 0 Å². The molecule has 2 rings (SSSR count). The van der Waals surface area contributed by atoms with E-state index in [-0.39, 0.29) is 11.3 Å². The number of benzene rings is 1. The van der Waals surface area contributed by atoms with Crippen LogP contribution in [-0.4, -0.2) is 22.0 Å². The number of unbranched alkanes of at least 4 members (excludes halogenated alkanes) is 6. The summed E-state index contributed by atoms with van der Waals surface area (Å²) >= 11 is 0. The lowest BCUT2D eigenvalue weighted by Gasteiger charge is -2.17. The monoisotopic (exact) mass is 385 g/mol. The van der Waals surface area contributed by atoms with Gasteiger partial charge in [0.15, 0.2) is 0 Å². The van der Waals surface area contributed by atoms with Gasteiger partial charge < -0.3 is 9.88 Å². The van der Waals surface area contributed by atoms with Crippen molar-refractivity contribution in [2.45, 2.75) is 92.0 Å². The Kier molecular flexibility index (Phi) is 9.01. The van der Waals surface area contributed by atoms with Gasteiger partial charge in [0.05, 0.1) is 11.0 Å². The number of imidazole rings is 1. The van der Waals surface area contributed by atoms with Crippen LogP contribution in [0.25, 0.3) is 11.0 Å². The number of aryl methyl sites for hydroxylation is 2. The highest BCUT2D eigenvalue weighted by molar-refractivity contribution is 5.81. The third kappa shape index (κ3) is 6.96. The molecule has 0 radical (unpaired) electrons. The van der Waals surface area contributed by atoms with Crippen molar-refractivity contribution in [3.8, 4) is 0 Å². The van der Waals surface area contributed by atoms with Gasteiger partial charge in [0.1, 0.15) is 5.82 Å². The average Bonchev–Trinajstić information content (AvgIpc) is 3.01. The van der Waals surface area contributed by atoms with Gasteiger partial charge in [-0.3, -0.25) is 4.79 Å². The summed E-state index contributed by atoms with van der Waals surface area (Å²) in [5.74, 6) is 1.35. The van der Waals surface area contributed by atoms with E-state index < -0.39 is 0 Å². The van der Waals surface area contributed by atoms with E-state index >= 15 is 0 Å². The maximum atomic E-state index is 11.9. The lowest BCUT2D eigenvalue weighted by atomic mass is 9.96. The fraction of sp³-hybridized carbons (Fsp3) is 0.667. The van der Waals surface area contributed by atoms with Gasteiger partial charge >= 0.3 is 0 Å². The van der Waals surface area contributed by atoms with Crippen molar-refractivity contribution in [2.75, 3.05) is 6.54 Å². The van der Waals surface area contributed by atoms with Gasteiger partial charge in [-0.15, -0.1) is 0 Å². The van der Waals surface area contributed by atoms with Crippen LogP contribution in [0.15, 0.2) is 24.3 Å². The number of amides is 1. The summed E-state index contributed by atoms with van der Waals surface area (Å²) in [6, 6.07) is 8.50. The molecule has 0 fully saturated rings. The molecule has 1 amide bonds. The average molecular weight is 386 g/mol. The maximum absolute atomic E-state index is 11.9. The normalized spacial score (nSPS) is 11.9. The number of fused-ring (bicyclic) bond motifs is 1. The summed E-state index contributed by atoms with van der Waals surface area (Å²) in [5.41, 5.74) is 2.08. The maximum Gasteiger partial charge on any atom is 0.225 e. The fourth-order valence-corrected chi connectivity index (χ4v) is 3.49. The zero-order valence-electron chi connectivity index (χ0n) is 18.4. The molecule has 1 N–H and O–H groups in total. The van der Waals surface area contributed by atoms with Crippen LogP contribution in [0.3, 0.4) is 0 Å². The molecule has 2 aromatic rings. The Balaban J connectivity index is 1.82. The molecular weight excluding hydrogens is 346 g/mol. The smallest absolute Gasteiger partial charge is 0.225 e. The zero-order valence-corrected chi connectivity index (χ0v) is 18.4. The SMILES string of the molecule is CCCCCCCn1c(CCCCCNC(=O)C(C)(C)C)nc2ccccc21. The Labute approximate surface area is 171 Å². The van der Waals surface area contributed by atoms with Crippen molar-refractivity contribution in [1.82, 2.24) is 14.9 Å². The molecule has 0 bridgehead atoms. The molecule has 4 nitrogen and oxygen atoms in total. The highest BCUT2D eigenvalue weighted by Gasteiger charge is 2.20. The number of nitrogens with one attached hydrogen (secondary N) is 1. The Bertz CT molecular complexity index is 727. The predicted molar refractivity (Wildman–Crippen MR) is 119 cm³/mol. The standard InChI is InChI=1S/C24H39N3O/c1-5-6-7-8-14-19-27-21-16-12-11-15-20(21)26-22(27)17-10-9-13-18-25-23(28)24(2,3)4/h11-12,15-16H,5-10,13-14,17-19H2,1-4H3,(H,25,28). The molecule has 0 aliphatic heterocycles. The molecule has 0 aliphatic rings. The number of rotatable bonds is 12. The molecule has 0 aliphatic carbocycles. The molecule has 4 heteroatoms. The van der Waals surface area contributed by atoms with E-state index in [1.807, 2.05) is 20.8 Å². The van der Waals surface area contributed by atoms with Crippen molar-refractivity contribution < 1.29 is 4.79 Å². The van der Waals surface area contributed by atoms with Crippen LogP contribution in [-0.2, 0) is 17.8 Å². The highest BCUT2D eigenvalue weighted by Crippen LogP contribution is 2.19. The summed E-state index contributed by atoms with van der Waals surface area (Å²) < 4.78 is 2.43. The van der Waals surface area contributed by atoms with Gasteiger partial charge in [-0.2, -0.15) is 0 Å². The molecule has 0 atom stereocenters. The van der Waals surface area contributed by atoms with Crippen LogP contribution < -0.4 is 5.32 Å². The number of hydrogen-bond acceptors (Lipinski definition) is 2. The van der Waals surface area contributed by atoms with Crippen LogP contribution >= 0.6 is 0 Å². The topological polar surface area (TPSA) is 46.9 Å². The second-order valence-corrected chi connectivity index (χ2v) is 8.90. The van der Waals surface area contributed by atoms with Gasteiger partial charge in [-0.05, 0) is 31.4 Å². The number of nitrogens with zero attached hydrogens (tertiary/aromatic N) is 2. The quantitative estimate of drug-likeness (QED) is 0.464. The first-order valence-corrected chi connectivity index (χ1v) is 11.2. The lowest BCUT2D eigenvalue weighted by molar-refractivity contribution is -0.128. The summed E-state index contributed by atoms with van der Waals surface area (Å²) in [6.45, 7) is 9.96. The van der Waals surface area contributed by atoms with Gasteiger partial charge in [-0.1, -0.05) is 71.9 Å². The zero-order chi connectivity index (χ0) is 20.4. The van der Waals surface area contributed by atoms with Crippen LogP contribution in [0.4, 0.5) is 0 Å². The molecule has 0 saturated carbocycles. The lowest BCUT2D eigenvalue weighted by Crippen LogP contribution is -2.35. The Morgan fingerprint density at radius 3 is 2.46 bits per heavy atom. The summed E-state index contributed by atoms with van der Waals surface area (Å²) in [6.07, 6.45) is 10.8. The van der Waals surface area contributed by atoms with Crippen molar-refractivity contribution in [1.29, 1.82) is 0 Å². The highest BCUT2D eigenvalue weighted by atomic mass is 16.2. The summed E-state index contributed by atoms with van der Waals surface area (Å²) in [5, 5.41) is 3.04. The molecule has 156 valence electrons. The minimum absolute atomic E-state index is 0.136. The molecule has 1 aromatic carbocycles. The van der Waals surface area contributed by atoms with E-state index in [9.17, 15) is 4.79 Å². The van der Waals surface area contributed by atoms with E-state index in [2.05, 4.69) is 41.1 Å². The van der Waals surface area contributed by atoms with Gasteiger partial charge in [0.2, 0.25) is 5.91 Å². The first kappa shape index (κ1) is 22.4. The van der Waals surface area contributed by atoms with E-state index in [1.54, 1.807) is 0 Å². The van der Waals surface area contributed by atoms with E-state index in [0.717, 1.165) is 44.3 Å². The number of carbonyl (C=O) groups excluding carboxylic acids is 1. The number of aromatic nitrogens is 2. The molecule has 0 saturated heterocycles. The number of carbonyl (C=O) groups is 1. The van der Waals surface area contributed by atoms with E-state index in [4.69, 9.17) is 4.98 Å². The van der Waals surface area contributed by atoms with Crippen molar-refractivity contribution in [3.05, 3.63) is 30.1 Å². The third-order valence-corrected chi connectivity index (χ3v) is 5.26. The second kappa shape index (κ2) is 11.2. The first-order valence-electron chi connectivity index (χ1n) is 11.2. The van der Waals surface area contributed by atoms with Crippen LogP contribution in [0.5, 0.6) is 0 Å². The second-order valence-electron chi connectivity index (χ2n) is 8.90. The Hall–Kier alpha value is -1.84. The first-order chi connectivity index (χ1) is 13.4. The van der Waals surface area contributed by atoms with Crippen LogP contribution in [0, 0.1) is 5.41 Å².